The fraction of sp³-hybridized carbons (Fsp3) is 0.500. The Labute approximate surface area is 118 Å². The molecular formula is C14H20N2O4. The summed E-state index contributed by atoms with van der Waals surface area (Å²) >= 11 is 0. The lowest BCUT2D eigenvalue weighted by molar-refractivity contribution is -0.144. The molecule has 1 heterocycles. The molecule has 0 aliphatic rings. The Morgan fingerprint density at radius 1 is 1.05 bits per heavy atom. The molecule has 1 N–H and O–H groups in total. The molecule has 0 atom stereocenters. The highest BCUT2D eigenvalue weighted by Gasteiger charge is 2.17. The van der Waals surface area contributed by atoms with Gasteiger partial charge in [0.05, 0.1) is 25.3 Å². The van der Waals surface area contributed by atoms with Crippen LogP contribution in [-0.2, 0) is 9.47 Å². The number of imidazole rings is 1. The lowest BCUT2D eigenvalue weighted by Crippen LogP contribution is -2.10. The molecule has 0 amide bonds. The van der Waals surface area contributed by atoms with Crippen LogP contribution < -0.4 is 9.47 Å². The van der Waals surface area contributed by atoms with Crippen LogP contribution in [0.25, 0.3) is 11.0 Å². The van der Waals surface area contributed by atoms with Gasteiger partial charge in [-0.1, -0.05) is 0 Å². The van der Waals surface area contributed by atoms with Gasteiger partial charge in [0.15, 0.2) is 17.3 Å². The minimum Gasteiger partial charge on any atom is -0.493 e. The number of fused-ring (bicyclic) bond motifs is 1. The first kappa shape index (κ1) is 14.6. The van der Waals surface area contributed by atoms with E-state index in [1.807, 2.05) is 26.0 Å². The standard InChI is InChI=1S/C14H20N2O4/c1-5-19-14(20-6-2)13-15-9-7-11(17-3)12(18-4)8-10(9)16-13/h7-8,14H,5-6H2,1-4H3,(H,15,16). The number of H-pyrrole nitrogens is 1. The van der Waals surface area contributed by atoms with E-state index in [1.54, 1.807) is 14.2 Å². The number of aromatic nitrogens is 2. The maximum Gasteiger partial charge on any atom is 0.217 e. The van der Waals surface area contributed by atoms with Crippen LogP contribution in [0, 0.1) is 0 Å². The number of methoxy groups -OCH3 is 2. The van der Waals surface area contributed by atoms with Gasteiger partial charge in [-0.05, 0) is 13.8 Å². The van der Waals surface area contributed by atoms with Crippen LogP contribution in [0.5, 0.6) is 11.5 Å². The SMILES string of the molecule is CCOC(OCC)c1nc2cc(OC)c(OC)cc2[nH]1. The molecule has 0 spiro atoms. The number of nitrogens with zero attached hydrogens (tertiary/aromatic N) is 1. The van der Waals surface area contributed by atoms with Crippen LogP contribution in [0.1, 0.15) is 26.0 Å². The Balaban J connectivity index is 2.41. The van der Waals surface area contributed by atoms with Crippen LogP contribution in [0.15, 0.2) is 12.1 Å². The minimum atomic E-state index is -0.491. The van der Waals surface area contributed by atoms with Crippen molar-refractivity contribution in [2.75, 3.05) is 27.4 Å². The first-order valence-electron chi connectivity index (χ1n) is 6.58. The second kappa shape index (κ2) is 6.58. The van der Waals surface area contributed by atoms with E-state index < -0.39 is 6.29 Å². The van der Waals surface area contributed by atoms with Crippen LogP contribution in [0.4, 0.5) is 0 Å². The Hall–Kier alpha value is -1.79. The van der Waals surface area contributed by atoms with Gasteiger partial charge in [-0.2, -0.15) is 0 Å². The zero-order valence-corrected chi connectivity index (χ0v) is 12.2. The van der Waals surface area contributed by atoms with Gasteiger partial charge in [0.1, 0.15) is 0 Å². The number of hydrogen-bond acceptors (Lipinski definition) is 5. The van der Waals surface area contributed by atoms with E-state index in [0.29, 0.717) is 30.5 Å². The highest BCUT2D eigenvalue weighted by molar-refractivity contribution is 5.79. The normalized spacial score (nSPS) is 11.2. The quantitative estimate of drug-likeness (QED) is 0.790. The number of rotatable bonds is 7. The summed E-state index contributed by atoms with van der Waals surface area (Å²) in [5.41, 5.74) is 1.63. The van der Waals surface area contributed by atoms with Gasteiger partial charge < -0.3 is 23.9 Å². The molecule has 0 aliphatic carbocycles. The third-order valence-corrected chi connectivity index (χ3v) is 2.86. The highest BCUT2D eigenvalue weighted by Crippen LogP contribution is 2.32. The monoisotopic (exact) mass is 280 g/mol. The molecule has 110 valence electrons. The number of benzene rings is 1. The van der Waals surface area contributed by atoms with E-state index in [2.05, 4.69) is 9.97 Å². The van der Waals surface area contributed by atoms with Crippen molar-refractivity contribution in [1.82, 2.24) is 9.97 Å². The van der Waals surface area contributed by atoms with Crippen LogP contribution in [0.2, 0.25) is 0 Å². The van der Waals surface area contributed by atoms with E-state index in [-0.39, 0.29) is 0 Å². The lowest BCUT2D eigenvalue weighted by Gasteiger charge is -2.13. The molecule has 2 rings (SSSR count). The number of aromatic amines is 1. The van der Waals surface area contributed by atoms with Gasteiger partial charge in [0.2, 0.25) is 6.29 Å². The van der Waals surface area contributed by atoms with Gasteiger partial charge in [0, 0.05) is 25.3 Å². The molecule has 0 unspecified atom stereocenters. The summed E-state index contributed by atoms with van der Waals surface area (Å²) in [4.78, 5) is 7.69. The summed E-state index contributed by atoms with van der Waals surface area (Å²) in [6.07, 6.45) is -0.491. The second-order valence-electron chi connectivity index (χ2n) is 4.09. The van der Waals surface area contributed by atoms with Gasteiger partial charge >= 0.3 is 0 Å². The molecular weight excluding hydrogens is 260 g/mol. The van der Waals surface area contributed by atoms with Crippen molar-refractivity contribution in [3.05, 3.63) is 18.0 Å². The summed E-state index contributed by atoms with van der Waals surface area (Å²) in [6.45, 7) is 4.93. The largest absolute Gasteiger partial charge is 0.493 e. The van der Waals surface area contributed by atoms with E-state index in [0.717, 1.165) is 11.0 Å². The molecule has 0 bridgehead atoms. The van der Waals surface area contributed by atoms with Gasteiger partial charge in [-0.15, -0.1) is 0 Å². The lowest BCUT2D eigenvalue weighted by atomic mass is 10.3. The Morgan fingerprint density at radius 3 is 2.20 bits per heavy atom. The van der Waals surface area contributed by atoms with E-state index in [4.69, 9.17) is 18.9 Å². The zero-order valence-electron chi connectivity index (χ0n) is 12.2. The fourth-order valence-corrected chi connectivity index (χ4v) is 1.98. The smallest absolute Gasteiger partial charge is 0.217 e. The van der Waals surface area contributed by atoms with Crippen molar-refractivity contribution in [3.63, 3.8) is 0 Å². The summed E-state index contributed by atoms with van der Waals surface area (Å²) in [5, 5.41) is 0. The van der Waals surface area contributed by atoms with Crippen molar-refractivity contribution in [2.24, 2.45) is 0 Å². The fourth-order valence-electron chi connectivity index (χ4n) is 1.98. The van der Waals surface area contributed by atoms with E-state index in [9.17, 15) is 0 Å². The molecule has 1 aromatic carbocycles. The van der Waals surface area contributed by atoms with Crippen molar-refractivity contribution in [1.29, 1.82) is 0 Å². The maximum atomic E-state index is 5.53. The minimum absolute atomic E-state index is 0.491. The topological polar surface area (TPSA) is 65.6 Å². The first-order valence-corrected chi connectivity index (χ1v) is 6.58. The molecule has 0 saturated carbocycles. The molecule has 0 saturated heterocycles. The average Bonchev–Trinajstić information content (AvgIpc) is 2.88. The third-order valence-electron chi connectivity index (χ3n) is 2.86. The Bertz CT molecular complexity index is 521. The van der Waals surface area contributed by atoms with E-state index in [1.165, 1.54) is 0 Å². The number of hydrogen-bond donors (Lipinski definition) is 1. The zero-order chi connectivity index (χ0) is 14.5. The first-order chi connectivity index (χ1) is 9.73. The number of nitrogens with one attached hydrogen (secondary N) is 1. The predicted octanol–water partition coefficient (Wildman–Crippen LogP) is 2.65. The molecule has 6 heteroatoms. The second-order valence-corrected chi connectivity index (χ2v) is 4.09. The highest BCUT2D eigenvalue weighted by atomic mass is 16.7. The van der Waals surface area contributed by atoms with Gasteiger partial charge in [0.25, 0.3) is 0 Å². The molecule has 1 aromatic heterocycles. The van der Waals surface area contributed by atoms with Crippen molar-refractivity contribution in [3.8, 4) is 11.5 Å². The average molecular weight is 280 g/mol. The molecule has 0 radical (unpaired) electrons. The van der Waals surface area contributed by atoms with Crippen LogP contribution >= 0.6 is 0 Å². The predicted molar refractivity (Wildman–Crippen MR) is 75.2 cm³/mol. The third kappa shape index (κ3) is 2.86. The summed E-state index contributed by atoms with van der Waals surface area (Å²) < 4.78 is 21.6. The van der Waals surface area contributed by atoms with Gasteiger partial charge in [-0.3, -0.25) is 0 Å². The Morgan fingerprint density at radius 2 is 1.65 bits per heavy atom. The van der Waals surface area contributed by atoms with Crippen molar-refractivity contribution < 1.29 is 18.9 Å². The number of ether oxygens (including phenoxy) is 4. The maximum absolute atomic E-state index is 5.53. The van der Waals surface area contributed by atoms with Gasteiger partial charge in [-0.25, -0.2) is 4.98 Å². The Kier molecular flexibility index (Phi) is 4.81. The molecule has 0 aliphatic heterocycles. The molecule has 0 fully saturated rings. The van der Waals surface area contributed by atoms with Crippen LogP contribution in [0.3, 0.4) is 0 Å². The van der Waals surface area contributed by atoms with E-state index >= 15 is 0 Å². The summed E-state index contributed by atoms with van der Waals surface area (Å²) in [6, 6.07) is 3.67. The van der Waals surface area contributed by atoms with Crippen molar-refractivity contribution in [2.45, 2.75) is 20.1 Å². The molecule has 6 nitrogen and oxygen atoms in total. The van der Waals surface area contributed by atoms with Crippen molar-refractivity contribution >= 4 is 11.0 Å². The van der Waals surface area contributed by atoms with Crippen LogP contribution in [-0.4, -0.2) is 37.4 Å². The summed E-state index contributed by atoms with van der Waals surface area (Å²) in [7, 11) is 3.20. The summed E-state index contributed by atoms with van der Waals surface area (Å²) in [5.74, 6) is 1.93. The molecule has 20 heavy (non-hydrogen) atoms. The molecule has 2 aromatic rings.